The summed E-state index contributed by atoms with van der Waals surface area (Å²) >= 11 is 0. The molecule has 0 unspecified atom stereocenters. The van der Waals surface area contributed by atoms with E-state index in [9.17, 15) is 13.2 Å². The Labute approximate surface area is 113 Å². The monoisotopic (exact) mass is 285 g/mol. The predicted molar refractivity (Wildman–Crippen MR) is 70.3 cm³/mol. The van der Waals surface area contributed by atoms with Gasteiger partial charge < -0.3 is 10.2 Å². The van der Waals surface area contributed by atoms with Gasteiger partial charge in [0.2, 0.25) is 0 Å². The van der Waals surface area contributed by atoms with Gasteiger partial charge in [-0.05, 0) is 18.1 Å². The quantitative estimate of drug-likeness (QED) is 0.669. The SMILES string of the molecule is CC(C)c1cc(NN)c2cccc(OC(F)(F)F)c2n1. The summed E-state index contributed by atoms with van der Waals surface area (Å²) in [6, 6.07) is 6.03. The summed E-state index contributed by atoms with van der Waals surface area (Å²) in [7, 11) is 0. The molecule has 0 aliphatic heterocycles. The summed E-state index contributed by atoms with van der Waals surface area (Å²) in [5, 5.41) is 0.471. The molecular weight excluding hydrogens is 271 g/mol. The fourth-order valence-electron chi connectivity index (χ4n) is 1.86. The maximum atomic E-state index is 12.4. The number of hydrogen-bond donors (Lipinski definition) is 2. The van der Waals surface area contributed by atoms with E-state index in [-0.39, 0.29) is 17.2 Å². The molecule has 0 radical (unpaired) electrons. The molecule has 0 amide bonds. The average Bonchev–Trinajstić information content (AvgIpc) is 2.36. The van der Waals surface area contributed by atoms with E-state index in [4.69, 9.17) is 5.84 Å². The van der Waals surface area contributed by atoms with Crippen LogP contribution in [0.2, 0.25) is 0 Å². The summed E-state index contributed by atoms with van der Waals surface area (Å²) in [5.74, 6) is 5.13. The van der Waals surface area contributed by atoms with Crippen LogP contribution in [-0.4, -0.2) is 11.3 Å². The first-order valence-electron chi connectivity index (χ1n) is 5.98. The van der Waals surface area contributed by atoms with Crippen molar-refractivity contribution in [1.82, 2.24) is 4.98 Å². The van der Waals surface area contributed by atoms with Gasteiger partial charge in [0.1, 0.15) is 5.52 Å². The van der Waals surface area contributed by atoms with E-state index < -0.39 is 6.36 Å². The van der Waals surface area contributed by atoms with E-state index >= 15 is 0 Å². The fourth-order valence-corrected chi connectivity index (χ4v) is 1.86. The maximum absolute atomic E-state index is 12.4. The van der Waals surface area contributed by atoms with Gasteiger partial charge in [0.15, 0.2) is 5.75 Å². The van der Waals surface area contributed by atoms with Crippen LogP contribution in [-0.2, 0) is 0 Å². The van der Waals surface area contributed by atoms with Crippen molar-refractivity contribution in [1.29, 1.82) is 0 Å². The molecule has 0 spiro atoms. The van der Waals surface area contributed by atoms with Gasteiger partial charge in [-0.1, -0.05) is 26.0 Å². The Bertz CT molecular complexity index is 626. The van der Waals surface area contributed by atoms with Crippen LogP contribution in [0.25, 0.3) is 10.9 Å². The van der Waals surface area contributed by atoms with Gasteiger partial charge in [0.05, 0.1) is 5.69 Å². The number of para-hydroxylation sites is 1. The number of nitrogens with zero attached hydrogens (tertiary/aromatic N) is 1. The van der Waals surface area contributed by atoms with Crippen LogP contribution in [0.1, 0.15) is 25.5 Å². The largest absolute Gasteiger partial charge is 0.573 e. The number of ether oxygens (including phenoxy) is 1. The first kappa shape index (κ1) is 14.4. The summed E-state index contributed by atoms with van der Waals surface area (Å²) in [5.41, 5.74) is 3.74. The number of nitrogen functional groups attached to an aromatic ring is 1. The Morgan fingerprint density at radius 3 is 2.55 bits per heavy atom. The first-order valence-corrected chi connectivity index (χ1v) is 5.98. The maximum Gasteiger partial charge on any atom is 0.573 e. The minimum Gasteiger partial charge on any atom is -0.403 e. The second-order valence-electron chi connectivity index (χ2n) is 4.59. The number of alkyl halides is 3. The molecule has 20 heavy (non-hydrogen) atoms. The van der Waals surface area contributed by atoms with Crippen molar-refractivity contribution >= 4 is 16.6 Å². The van der Waals surface area contributed by atoms with E-state index in [0.717, 1.165) is 0 Å². The number of pyridine rings is 1. The molecule has 0 bridgehead atoms. The standard InChI is InChI=1S/C13H14F3N3O/c1-7(2)9-6-10(19-17)8-4-3-5-11(12(8)18-9)20-13(14,15)16/h3-7H,17H2,1-2H3,(H,18,19). The van der Waals surface area contributed by atoms with Crippen molar-refractivity contribution < 1.29 is 17.9 Å². The second kappa shape index (κ2) is 5.16. The molecule has 1 aromatic carbocycles. The molecule has 2 rings (SSSR count). The van der Waals surface area contributed by atoms with Crippen molar-refractivity contribution in [3.8, 4) is 5.75 Å². The van der Waals surface area contributed by atoms with Crippen molar-refractivity contribution in [3.63, 3.8) is 0 Å². The van der Waals surface area contributed by atoms with Crippen LogP contribution in [0, 0.1) is 0 Å². The Morgan fingerprint density at radius 2 is 2.00 bits per heavy atom. The molecular formula is C13H14F3N3O. The van der Waals surface area contributed by atoms with Gasteiger partial charge in [-0.15, -0.1) is 13.2 Å². The Kier molecular flexibility index (Phi) is 3.71. The van der Waals surface area contributed by atoms with Crippen LogP contribution >= 0.6 is 0 Å². The number of hydrogen-bond acceptors (Lipinski definition) is 4. The molecule has 7 heteroatoms. The van der Waals surface area contributed by atoms with Gasteiger partial charge in [-0.25, -0.2) is 4.98 Å². The molecule has 0 aliphatic carbocycles. The highest BCUT2D eigenvalue weighted by molar-refractivity contribution is 5.95. The van der Waals surface area contributed by atoms with Crippen molar-refractivity contribution in [2.45, 2.75) is 26.1 Å². The van der Waals surface area contributed by atoms with Crippen LogP contribution in [0.3, 0.4) is 0 Å². The molecule has 108 valence electrons. The van der Waals surface area contributed by atoms with Gasteiger partial charge in [-0.2, -0.15) is 0 Å². The third-order valence-corrected chi connectivity index (χ3v) is 2.80. The van der Waals surface area contributed by atoms with Crippen LogP contribution < -0.4 is 16.0 Å². The lowest BCUT2D eigenvalue weighted by Gasteiger charge is -2.15. The summed E-state index contributed by atoms with van der Waals surface area (Å²) < 4.78 is 41.3. The number of nitrogens with two attached hydrogens (primary N) is 1. The van der Waals surface area contributed by atoms with Crippen molar-refractivity contribution in [2.75, 3.05) is 5.43 Å². The first-order chi connectivity index (χ1) is 9.31. The predicted octanol–water partition coefficient (Wildman–Crippen LogP) is 3.54. The van der Waals surface area contributed by atoms with Crippen molar-refractivity contribution in [3.05, 3.63) is 30.0 Å². The lowest BCUT2D eigenvalue weighted by Crippen LogP contribution is -2.17. The zero-order chi connectivity index (χ0) is 14.9. The topological polar surface area (TPSA) is 60.2 Å². The Hall–Kier alpha value is -2.02. The van der Waals surface area contributed by atoms with Crippen molar-refractivity contribution in [2.24, 2.45) is 5.84 Å². The van der Waals surface area contributed by atoms with Gasteiger partial charge >= 0.3 is 6.36 Å². The number of rotatable bonds is 3. The number of benzene rings is 1. The molecule has 0 saturated carbocycles. The zero-order valence-electron chi connectivity index (χ0n) is 11.0. The number of fused-ring (bicyclic) bond motifs is 1. The van der Waals surface area contributed by atoms with Gasteiger partial charge in [0, 0.05) is 11.1 Å². The summed E-state index contributed by atoms with van der Waals surface area (Å²) in [4.78, 5) is 4.25. The van der Waals surface area contributed by atoms with E-state index in [0.29, 0.717) is 16.8 Å². The van der Waals surface area contributed by atoms with E-state index in [1.807, 2.05) is 13.8 Å². The highest BCUT2D eigenvalue weighted by Crippen LogP contribution is 2.34. The van der Waals surface area contributed by atoms with E-state index in [2.05, 4.69) is 15.1 Å². The van der Waals surface area contributed by atoms with Gasteiger partial charge in [-0.3, -0.25) is 5.84 Å². The molecule has 1 heterocycles. The third-order valence-electron chi connectivity index (χ3n) is 2.80. The normalized spacial score (nSPS) is 11.9. The molecule has 0 atom stereocenters. The zero-order valence-corrected chi connectivity index (χ0v) is 11.0. The fraction of sp³-hybridized carbons (Fsp3) is 0.308. The molecule has 0 fully saturated rings. The molecule has 0 aliphatic rings. The molecule has 0 saturated heterocycles. The summed E-state index contributed by atoms with van der Waals surface area (Å²) in [6.07, 6.45) is -4.76. The lowest BCUT2D eigenvalue weighted by molar-refractivity contribution is -0.274. The smallest absolute Gasteiger partial charge is 0.403 e. The van der Waals surface area contributed by atoms with Crippen LogP contribution in [0.4, 0.5) is 18.9 Å². The van der Waals surface area contributed by atoms with Gasteiger partial charge in [0.25, 0.3) is 0 Å². The second-order valence-corrected chi connectivity index (χ2v) is 4.59. The number of aromatic nitrogens is 1. The number of hydrazine groups is 1. The van der Waals surface area contributed by atoms with E-state index in [1.165, 1.54) is 12.1 Å². The lowest BCUT2D eigenvalue weighted by atomic mass is 10.1. The average molecular weight is 285 g/mol. The Morgan fingerprint density at radius 1 is 1.30 bits per heavy atom. The molecule has 4 nitrogen and oxygen atoms in total. The molecule has 2 aromatic rings. The minimum absolute atomic E-state index is 0.0467. The summed E-state index contributed by atoms with van der Waals surface area (Å²) in [6.45, 7) is 3.78. The third kappa shape index (κ3) is 2.93. The van der Waals surface area contributed by atoms with Crippen LogP contribution in [0.15, 0.2) is 24.3 Å². The highest BCUT2D eigenvalue weighted by atomic mass is 19.4. The molecule has 3 N–H and O–H groups in total. The Balaban J connectivity index is 2.68. The van der Waals surface area contributed by atoms with E-state index in [1.54, 1.807) is 12.1 Å². The minimum atomic E-state index is -4.76. The number of anilines is 1. The number of halogens is 3. The van der Waals surface area contributed by atoms with Crippen LogP contribution in [0.5, 0.6) is 5.75 Å². The molecule has 1 aromatic heterocycles. The number of nitrogens with one attached hydrogen (secondary N) is 1. The highest BCUT2D eigenvalue weighted by Gasteiger charge is 2.32.